The summed E-state index contributed by atoms with van der Waals surface area (Å²) in [6, 6.07) is 7.56. The Morgan fingerprint density at radius 2 is 2.20 bits per heavy atom. The first-order valence-electron chi connectivity index (χ1n) is 5.78. The molecule has 0 unspecified atom stereocenters. The van der Waals surface area contributed by atoms with Gasteiger partial charge in [-0.3, -0.25) is 0 Å². The van der Waals surface area contributed by atoms with Crippen LogP contribution in [0.3, 0.4) is 0 Å². The molecule has 1 N–H and O–H groups in total. The van der Waals surface area contributed by atoms with Crippen molar-refractivity contribution in [2.24, 2.45) is 5.92 Å². The van der Waals surface area contributed by atoms with Crippen LogP contribution in [0.1, 0.15) is 25.3 Å². The van der Waals surface area contributed by atoms with Gasteiger partial charge in [0.1, 0.15) is 5.82 Å². The van der Waals surface area contributed by atoms with E-state index in [0.717, 1.165) is 18.5 Å². The summed E-state index contributed by atoms with van der Waals surface area (Å²) in [5, 5.41) is 3.47. The normalized spacial score (nSPS) is 25.7. The maximum atomic E-state index is 13.4. The lowest BCUT2D eigenvalue weighted by Crippen LogP contribution is -2.29. The van der Waals surface area contributed by atoms with Crippen LogP contribution in [0.5, 0.6) is 0 Å². The van der Waals surface area contributed by atoms with Crippen molar-refractivity contribution in [1.29, 1.82) is 0 Å². The van der Waals surface area contributed by atoms with Crippen LogP contribution in [-0.2, 0) is 6.42 Å². The second kappa shape index (κ2) is 4.75. The molecule has 82 valence electrons. The van der Waals surface area contributed by atoms with Crippen LogP contribution < -0.4 is 5.32 Å². The summed E-state index contributed by atoms with van der Waals surface area (Å²) in [6.07, 6.45) is 3.24. The molecule has 2 heteroatoms. The van der Waals surface area contributed by atoms with Gasteiger partial charge in [-0.05, 0) is 36.9 Å². The molecule has 1 saturated heterocycles. The first kappa shape index (κ1) is 10.6. The Morgan fingerprint density at radius 3 is 2.93 bits per heavy atom. The maximum Gasteiger partial charge on any atom is 0.126 e. The van der Waals surface area contributed by atoms with Crippen molar-refractivity contribution in [1.82, 2.24) is 5.32 Å². The molecule has 1 aliphatic heterocycles. The second-order valence-electron chi connectivity index (χ2n) is 4.31. The minimum atomic E-state index is -0.0685. The fourth-order valence-corrected chi connectivity index (χ4v) is 2.45. The number of halogens is 1. The average molecular weight is 207 g/mol. The maximum absolute atomic E-state index is 13.4. The molecular weight excluding hydrogens is 189 g/mol. The van der Waals surface area contributed by atoms with Gasteiger partial charge in [-0.2, -0.15) is 0 Å². The van der Waals surface area contributed by atoms with Gasteiger partial charge in [0.05, 0.1) is 0 Å². The van der Waals surface area contributed by atoms with Crippen LogP contribution in [0.4, 0.5) is 4.39 Å². The van der Waals surface area contributed by atoms with E-state index in [0.29, 0.717) is 12.0 Å². The van der Waals surface area contributed by atoms with E-state index in [1.165, 1.54) is 12.8 Å². The van der Waals surface area contributed by atoms with E-state index in [4.69, 9.17) is 0 Å². The van der Waals surface area contributed by atoms with Crippen molar-refractivity contribution < 1.29 is 4.39 Å². The van der Waals surface area contributed by atoms with Crippen molar-refractivity contribution in [2.45, 2.75) is 32.2 Å². The van der Waals surface area contributed by atoms with E-state index in [1.54, 1.807) is 12.1 Å². The monoisotopic (exact) mass is 207 g/mol. The van der Waals surface area contributed by atoms with Crippen molar-refractivity contribution in [3.05, 3.63) is 35.6 Å². The minimum Gasteiger partial charge on any atom is -0.313 e. The molecule has 1 aromatic carbocycles. The molecule has 0 radical (unpaired) electrons. The van der Waals surface area contributed by atoms with Gasteiger partial charge in [0.25, 0.3) is 0 Å². The number of hydrogen-bond donors (Lipinski definition) is 1. The Kier molecular flexibility index (Phi) is 3.37. The Bertz CT molecular complexity index is 324. The first-order chi connectivity index (χ1) is 7.31. The first-order valence-corrected chi connectivity index (χ1v) is 5.78. The van der Waals surface area contributed by atoms with Crippen LogP contribution in [0.25, 0.3) is 0 Å². The molecule has 1 aromatic rings. The molecule has 0 bridgehead atoms. The zero-order chi connectivity index (χ0) is 10.7. The molecule has 0 spiro atoms. The van der Waals surface area contributed by atoms with Gasteiger partial charge in [0, 0.05) is 6.04 Å². The van der Waals surface area contributed by atoms with Crippen LogP contribution in [0, 0.1) is 11.7 Å². The molecule has 15 heavy (non-hydrogen) atoms. The molecular formula is C13H18FN. The lowest BCUT2D eigenvalue weighted by atomic mass is 9.92. The van der Waals surface area contributed by atoms with E-state index in [9.17, 15) is 4.39 Å². The van der Waals surface area contributed by atoms with Gasteiger partial charge in [0.15, 0.2) is 0 Å². The Morgan fingerprint density at radius 1 is 1.40 bits per heavy atom. The predicted molar refractivity (Wildman–Crippen MR) is 60.3 cm³/mol. The second-order valence-corrected chi connectivity index (χ2v) is 4.31. The van der Waals surface area contributed by atoms with E-state index in [1.807, 2.05) is 12.1 Å². The standard InChI is InChI=1S/C13H18FN/c1-2-10-7-8-15-13(10)9-11-5-3-4-6-12(11)14/h3-6,10,13,15H,2,7-9H2,1H3/t10-,13-/m0/s1. The van der Waals surface area contributed by atoms with E-state index in [2.05, 4.69) is 12.2 Å². The van der Waals surface area contributed by atoms with Crippen molar-refractivity contribution in [3.63, 3.8) is 0 Å². The third kappa shape index (κ3) is 2.37. The largest absolute Gasteiger partial charge is 0.313 e. The highest BCUT2D eigenvalue weighted by Crippen LogP contribution is 2.22. The zero-order valence-electron chi connectivity index (χ0n) is 9.17. The quantitative estimate of drug-likeness (QED) is 0.803. The van der Waals surface area contributed by atoms with Gasteiger partial charge in [0.2, 0.25) is 0 Å². The van der Waals surface area contributed by atoms with Crippen LogP contribution >= 0.6 is 0 Å². The van der Waals surface area contributed by atoms with Gasteiger partial charge < -0.3 is 5.32 Å². The topological polar surface area (TPSA) is 12.0 Å². The molecule has 2 atom stereocenters. The molecule has 0 saturated carbocycles. The van der Waals surface area contributed by atoms with Crippen molar-refractivity contribution in [2.75, 3.05) is 6.54 Å². The van der Waals surface area contributed by atoms with Crippen LogP contribution in [-0.4, -0.2) is 12.6 Å². The third-order valence-corrected chi connectivity index (χ3v) is 3.41. The summed E-state index contributed by atoms with van der Waals surface area (Å²) >= 11 is 0. The highest BCUT2D eigenvalue weighted by molar-refractivity contribution is 5.19. The summed E-state index contributed by atoms with van der Waals surface area (Å²) < 4.78 is 13.4. The van der Waals surface area contributed by atoms with Crippen molar-refractivity contribution >= 4 is 0 Å². The minimum absolute atomic E-state index is 0.0685. The number of benzene rings is 1. The fourth-order valence-electron chi connectivity index (χ4n) is 2.45. The average Bonchev–Trinajstić information content (AvgIpc) is 2.69. The number of hydrogen-bond acceptors (Lipinski definition) is 1. The van der Waals surface area contributed by atoms with E-state index in [-0.39, 0.29) is 5.82 Å². The molecule has 1 fully saturated rings. The Hall–Kier alpha value is -0.890. The molecule has 1 nitrogen and oxygen atoms in total. The predicted octanol–water partition coefficient (Wildman–Crippen LogP) is 2.76. The van der Waals surface area contributed by atoms with Gasteiger partial charge in [-0.1, -0.05) is 31.5 Å². The number of nitrogens with one attached hydrogen (secondary N) is 1. The summed E-state index contributed by atoms with van der Waals surface area (Å²) in [5.74, 6) is 0.644. The Labute approximate surface area is 90.7 Å². The lowest BCUT2D eigenvalue weighted by Gasteiger charge is -2.18. The van der Waals surface area contributed by atoms with Crippen molar-refractivity contribution in [3.8, 4) is 0 Å². The highest BCUT2D eigenvalue weighted by atomic mass is 19.1. The third-order valence-electron chi connectivity index (χ3n) is 3.41. The molecule has 0 amide bonds. The van der Waals surface area contributed by atoms with Gasteiger partial charge >= 0.3 is 0 Å². The van der Waals surface area contributed by atoms with E-state index >= 15 is 0 Å². The smallest absolute Gasteiger partial charge is 0.126 e. The van der Waals surface area contributed by atoms with Gasteiger partial charge in [-0.15, -0.1) is 0 Å². The fraction of sp³-hybridized carbons (Fsp3) is 0.538. The molecule has 2 rings (SSSR count). The number of rotatable bonds is 3. The summed E-state index contributed by atoms with van der Waals surface area (Å²) in [7, 11) is 0. The molecule has 1 heterocycles. The van der Waals surface area contributed by atoms with Gasteiger partial charge in [-0.25, -0.2) is 4.39 Å². The van der Waals surface area contributed by atoms with E-state index < -0.39 is 0 Å². The van der Waals surface area contributed by atoms with Crippen LogP contribution in [0.2, 0.25) is 0 Å². The zero-order valence-corrected chi connectivity index (χ0v) is 9.17. The Balaban J connectivity index is 2.05. The molecule has 1 aliphatic rings. The summed E-state index contributed by atoms with van der Waals surface area (Å²) in [4.78, 5) is 0. The highest BCUT2D eigenvalue weighted by Gasteiger charge is 2.25. The SMILES string of the molecule is CC[C@H]1CCN[C@H]1Cc1ccccc1F. The molecule has 0 aliphatic carbocycles. The molecule has 0 aromatic heterocycles. The summed E-state index contributed by atoms with van der Waals surface area (Å²) in [5.41, 5.74) is 0.843. The summed E-state index contributed by atoms with van der Waals surface area (Å²) in [6.45, 7) is 3.30. The lowest BCUT2D eigenvalue weighted by molar-refractivity contribution is 0.427. The van der Waals surface area contributed by atoms with Crippen LogP contribution in [0.15, 0.2) is 24.3 Å².